The third-order valence-corrected chi connectivity index (χ3v) is 3.83. The maximum Gasteiger partial charge on any atom is 0.275 e. The first-order valence-electron chi connectivity index (χ1n) is 6.69. The van der Waals surface area contributed by atoms with Gasteiger partial charge in [0, 0.05) is 12.4 Å². The summed E-state index contributed by atoms with van der Waals surface area (Å²) in [5.74, 6) is -0.0533. The molecule has 0 fully saturated rings. The van der Waals surface area contributed by atoms with Gasteiger partial charge in [-0.05, 0) is 23.6 Å². The first-order valence-corrected chi connectivity index (χ1v) is 7.57. The van der Waals surface area contributed by atoms with Crippen molar-refractivity contribution in [1.82, 2.24) is 15.3 Å². The van der Waals surface area contributed by atoms with E-state index in [1.807, 2.05) is 0 Å². The van der Waals surface area contributed by atoms with E-state index < -0.39 is 5.91 Å². The summed E-state index contributed by atoms with van der Waals surface area (Å²) in [6.07, 6.45) is 5.81. The number of nitrogens with zero attached hydrogens (tertiary/aromatic N) is 2. The van der Waals surface area contributed by atoms with Crippen LogP contribution < -0.4 is 10.6 Å². The number of carbonyl (C=O) groups excluding carboxylic acids is 2. The SMILES string of the molecule is O=C(Nc1ccsc1C(=O)NCc1ccco1)c1cnccn1. The molecule has 0 atom stereocenters. The van der Waals surface area contributed by atoms with E-state index >= 15 is 0 Å². The van der Waals surface area contributed by atoms with Crippen LogP contribution in [0.2, 0.25) is 0 Å². The summed E-state index contributed by atoms with van der Waals surface area (Å²) in [7, 11) is 0. The van der Waals surface area contributed by atoms with Crippen LogP contribution in [-0.2, 0) is 6.54 Å². The number of hydrogen-bond donors (Lipinski definition) is 2. The Morgan fingerprint density at radius 3 is 2.87 bits per heavy atom. The van der Waals surface area contributed by atoms with Gasteiger partial charge in [0.2, 0.25) is 0 Å². The average Bonchev–Trinajstić information content (AvgIpc) is 3.25. The van der Waals surface area contributed by atoms with E-state index in [0.717, 1.165) is 0 Å². The number of rotatable bonds is 5. The number of carbonyl (C=O) groups is 2. The average molecular weight is 328 g/mol. The Labute approximate surface area is 135 Å². The summed E-state index contributed by atoms with van der Waals surface area (Å²) < 4.78 is 5.16. The van der Waals surface area contributed by atoms with Crippen molar-refractivity contribution in [1.29, 1.82) is 0 Å². The maximum atomic E-state index is 12.2. The Hall–Kier alpha value is -3.00. The van der Waals surface area contributed by atoms with Crippen molar-refractivity contribution in [3.05, 3.63) is 64.8 Å². The molecule has 0 aromatic carbocycles. The number of furan rings is 1. The van der Waals surface area contributed by atoms with Crippen molar-refractivity contribution >= 4 is 28.8 Å². The molecule has 0 saturated heterocycles. The van der Waals surface area contributed by atoms with E-state index in [4.69, 9.17) is 4.42 Å². The van der Waals surface area contributed by atoms with Crippen LogP contribution in [0.3, 0.4) is 0 Å². The number of nitrogens with one attached hydrogen (secondary N) is 2. The van der Waals surface area contributed by atoms with E-state index in [1.165, 1.54) is 29.9 Å². The number of thiophene rings is 1. The Balaban J connectivity index is 1.67. The van der Waals surface area contributed by atoms with Gasteiger partial charge in [0.25, 0.3) is 11.8 Å². The summed E-state index contributed by atoms with van der Waals surface area (Å²) >= 11 is 1.24. The van der Waals surface area contributed by atoms with Crippen LogP contribution in [0.15, 0.2) is 52.9 Å². The van der Waals surface area contributed by atoms with Crippen LogP contribution in [0, 0.1) is 0 Å². The lowest BCUT2D eigenvalue weighted by Gasteiger charge is -2.06. The standard InChI is InChI=1S/C15H12N4O3S/c20-14(12-9-16-4-5-17-12)19-11-3-7-23-13(11)15(21)18-8-10-2-1-6-22-10/h1-7,9H,8H2,(H,18,21)(H,19,20). The highest BCUT2D eigenvalue weighted by molar-refractivity contribution is 7.12. The molecule has 3 rings (SSSR count). The predicted molar refractivity (Wildman–Crippen MR) is 84.2 cm³/mol. The van der Waals surface area contributed by atoms with E-state index in [-0.39, 0.29) is 18.1 Å². The first-order chi connectivity index (χ1) is 11.2. The summed E-state index contributed by atoms with van der Waals surface area (Å²) in [6.45, 7) is 0.279. The molecule has 7 nitrogen and oxygen atoms in total. The van der Waals surface area contributed by atoms with Gasteiger partial charge >= 0.3 is 0 Å². The van der Waals surface area contributed by atoms with Gasteiger partial charge < -0.3 is 15.1 Å². The lowest BCUT2D eigenvalue weighted by Crippen LogP contribution is -2.23. The Bertz CT molecular complexity index is 799. The lowest BCUT2D eigenvalue weighted by atomic mass is 10.3. The lowest BCUT2D eigenvalue weighted by molar-refractivity contribution is 0.0953. The molecule has 116 valence electrons. The van der Waals surface area contributed by atoms with Gasteiger partial charge in [-0.2, -0.15) is 0 Å². The van der Waals surface area contributed by atoms with Crippen molar-refractivity contribution in [2.75, 3.05) is 5.32 Å². The smallest absolute Gasteiger partial charge is 0.275 e. The molecule has 0 bridgehead atoms. The van der Waals surface area contributed by atoms with Crippen LogP contribution in [-0.4, -0.2) is 21.8 Å². The van der Waals surface area contributed by atoms with Gasteiger partial charge in [-0.25, -0.2) is 4.98 Å². The molecule has 0 radical (unpaired) electrons. The zero-order valence-electron chi connectivity index (χ0n) is 11.9. The Morgan fingerprint density at radius 1 is 1.22 bits per heavy atom. The second-order valence-electron chi connectivity index (χ2n) is 4.47. The predicted octanol–water partition coefficient (Wildman–Crippen LogP) is 2.31. The van der Waals surface area contributed by atoms with Gasteiger partial charge in [0.05, 0.1) is 24.7 Å². The second kappa shape index (κ2) is 6.84. The summed E-state index contributed by atoms with van der Waals surface area (Å²) in [5, 5.41) is 7.14. The van der Waals surface area contributed by atoms with Crippen molar-refractivity contribution < 1.29 is 14.0 Å². The normalized spacial score (nSPS) is 10.3. The summed E-state index contributed by atoms with van der Waals surface area (Å²) in [4.78, 5) is 32.5. The van der Waals surface area contributed by atoms with Crippen LogP contribution in [0.5, 0.6) is 0 Å². The number of aromatic nitrogens is 2. The molecule has 3 aromatic rings. The summed E-state index contributed by atoms with van der Waals surface area (Å²) in [5.41, 5.74) is 0.614. The molecular formula is C15H12N4O3S. The van der Waals surface area contributed by atoms with E-state index in [2.05, 4.69) is 20.6 Å². The van der Waals surface area contributed by atoms with Gasteiger partial charge in [0.15, 0.2) is 0 Å². The highest BCUT2D eigenvalue weighted by atomic mass is 32.1. The van der Waals surface area contributed by atoms with Crippen molar-refractivity contribution in [2.45, 2.75) is 6.54 Å². The van der Waals surface area contributed by atoms with Gasteiger partial charge in [-0.15, -0.1) is 11.3 Å². The Kier molecular flexibility index (Phi) is 4.44. The van der Waals surface area contributed by atoms with Crippen LogP contribution in [0.4, 0.5) is 5.69 Å². The fourth-order valence-electron chi connectivity index (χ4n) is 1.85. The van der Waals surface area contributed by atoms with Crippen LogP contribution in [0.25, 0.3) is 0 Å². The topological polar surface area (TPSA) is 97.1 Å². The fourth-order valence-corrected chi connectivity index (χ4v) is 2.61. The van der Waals surface area contributed by atoms with Crippen molar-refractivity contribution in [2.24, 2.45) is 0 Å². The van der Waals surface area contributed by atoms with Crippen molar-refractivity contribution in [3.63, 3.8) is 0 Å². The first kappa shape index (κ1) is 14.9. The van der Waals surface area contributed by atoms with Crippen molar-refractivity contribution in [3.8, 4) is 0 Å². The molecule has 2 amide bonds. The molecule has 0 saturated carbocycles. The van der Waals surface area contributed by atoms with Gasteiger partial charge in [0.1, 0.15) is 16.3 Å². The van der Waals surface area contributed by atoms with Gasteiger partial charge in [-0.3, -0.25) is 14.6 Å². The third-order valence-electron chi connectivity index (χ3n) is 2.92. The largest absolute Gasteiger partial charge is 0.467 e. The quantitative estimate of drug-likeness (QED) is 0.749. The monoisotopic (exact) mass is 328 g/mol. The van der Waals surface area contributed by atoms with Crippen LogP contribution >= 0.6 is 11.3 Å². The second-order valence-corrected chi connectivity index (χ2v) is 5.39. The zero-order valence-corrected chi connectivity index (χ0v) is 12.7. The minimum atomic E-state index is -0.420. The summed E-state index contributed by atoms with van der Waals surface area (Å²) in [6, 6.07) is 5.19. The molecular weight excluding hydrogens is 316 g/mol. The van der Waals surface area contributed by atoms with E-state index in [1.54, 1.807) is 29.8 Å². The molecule has 0 unspecified atom stereocenters. The highest BCUT2D eigenvalue weighted by Crippen LogP contribution is 2.22. The number of anilines is 1. The molecule has 3 aromatic heterocycles. The Morgan fingerprint density at radius 2 is 2.13 bits per heavy atom. The molecule has 0 spiro atoms. The molecule has 2 N–H and O–H groups in total. The van der Waals surface area contributed by atoms with Gasteiger partial charge in [-0.1, -0.05) is 0 Å². The maximum absolute atomic E-state index is 12.2. The van der Waals surface area contributed by atoms with E-state index in [0.29, 0.717) is 16.3 Å². The molecule has 0 aliphatic carbocycles. The minimum absolute atomic E-state index is 0.181. The molecule has 0 aliphatic rings. The van der Waals surface area contributed by atoms with Crippen LogP contribution in [0.1, 0.15) is 25.9 Å². The van der Waals surface area contributed by atoms with E-state index in [9.17, 15) is 9.59 Å². The molecule has 8 heteroatoms. The molecule has 3 heterocycles. The third kappa shape index (κ3) is 3.61. The molecule has 23 heavy (non-hydrogen) atoms. The minimum Gasteiger partial charge on any atom is -0.467 e. The zero-order chi connectivity index (χ0) is 16.1. The number of hydrogen-bond acceptors (Lipinski definition) is 6. The number of amides is 2. The molecule has 0 aliphatic heterocycles. The highest BCUT2D eigenvalue weighted by Gasteiger charge is 2.16. The fraction of sp³-hybridized carbons (Fsp3) is 0.0667.